The van der Waals surface area contributed by atoms with Gasteiger partial charge < -0.3 is 5.32 Å². The van der Waals surface area contributed by atoms with Crippen LogP contribution in [0.3, 0.4) is 0 Å². The van der Waals surface area contributed by atoms with Gasteiger partial charge in [0.05, 0.1) is 11.7 Å². The number of carbonyl (C=O) groups excluding carboxylic acids is 1. The fourth-order valence-electron chi connectivity index (χ4n) is 3.10. The van der Waals surface area contributed by atoms with Crippen molar-refractivity contribution in [2.24, 2.45) is 0 Å². The van der Waals surface area contributed by atoms with Gasteiger partial charge in [0, 0.05) is 16.6 Å². The van der Waals surface area contributed by atoms with Gasteiger partial charge in [0.25, 0.3) is 5.56 Å². The third-order valence-corrected chi connectivity index (χ3v) is 5.71. The van der Waals surface area contributed by atoms with Crippen molar-refractivity contribution in [3.63, 3.8) is 0 Å². The number of nitrogens with one attached hydrogen (secondary N) is 1. The molecule has 0 atom stereocenters. The maximum absolute atomic E-state index is 13.2. The highest BCUT2D eigenvalue weighted by atomic mass is 32.1. The molecule has 0 aliphatic heterocycles. The van der Waals surface area contributed by atoms with Crippen LogP contribution in [0.1, 0.15) is 11.1 Å². The Morgan fingerprint density at radius 1 is 1.14 bits per heavy atom. The highest BCUT2D eigenvalue weighted by molar-refractivity contribution is 7.17. The summed E-state index contributed by atoms with van der Waals surface area (Å²) >= 11 is 1.34. The van der Waals surface area contributed by atoms with Crippen molar-refractivity contribution in [2.45, 2.75) is 20.4 Å². The number of hydrogen-bond donors (Lipinski definition) is 1. The van der Waals surface area contributed by atoms with Crippen molar-refractivity contribution in [3.8, 4) is 11.1 Å². The Morgan fingerprint density at radius 3 is 2.62 bits per heavy atom. The molecule has 7 heteroatoms. The first-order valence-electron chi connectivity index (χ1n) is 9.02. The summed E-state index contributed by atoms with van der Waals surface area (Å²) in [5, 5.41) is 5.07. The molecule has 0 aliphatic carbocycles. The number of halogens is 1. The number of benzene rings is 2. The molecule has 146 valence electrons. The van der Waals surface area contributed by atoms with Gasteiger partial charge in [-0.2, -0.15) is 0 Å². The molecule has 0 spiro atoms. The minimum absolute atomic E-state index is 0.145. The number of hydrogen-bond acceptors (Lipinski definition) is 4. The van der Waals surface area contributed by atoms with Gasteiger partial charge in [0.15, 0.2) is 0 Å². The van der Waals surface area contributed by atoms with Crippen LogP contribution in [0.25, 0.3) is 21.3 Å². The molecule has 4 rings (SSSR count). The predicted molar refractivity (Wildman–Crippen MR) is 114 cm³/mol. The maximum atomic E-state index is 13.2. The van der Waals surface area contributed by atoms with E-state index in [1.54, 1.807) is 12.1 Å². The van der Waals surface area contributed by atoms with Crippen LogP contribution in [0.4, 0.5) is 10.1 Å². The van der Waals surface area contributed by atoms with Crippen LogP contribution in [-0.4, -0.2) is 15.5 Å². The van der Waals surface area contributed by atoms with Crippen molar-refractivity contribution in [1.82, 2.24) is 9.55 Å². The summed E-state index contributed by atoms with van der Waals surface area (Å²) in [4.78, 5) is 30.4. The standard InChI is InChI=1S/C22H18FN3O2S/c1-13-3-8-17(9-14(13)2)25-19(27)10-26-12-24-21-20(22(26)28)18(11-29-21)15-4-6-16(23)7-5-15/h3-9,11-12H,10H2,1-2H3,(H,25,27). The number of amides is 1. The first kappa shape index (κ1) is 19.0. The van der Waals surface area contributed by atoms with Gasteiger partial charge in [-0.3, -0.25) is 14.2 Å². The SMILES string of the molecule is Cc1ccc(NC(=O)Cn2cnc3scc(-c4ccc(F)cc4)c3c2=O)cc1C. The molecule has 2 heterocycles. The summed E-state index contributed by atoms with van der Waals surface area (Å²) in [5.74, 6) is -0.651. The summed E-state index contributed by atoms with van der Waals surface area (Å²) in [5.41, 5.74) is 4.01. The number of thiophene rings is 1. The van der Waals surface area contributed by atoms with E-state index in [4.69, 9.17) is 0 Å². The van der Waals surface area contributed by atoms with Gasteiger partial charge in [-0.25, -0.2) is 9.37 Å². The summed E-state index contributed by atoms with van der Waals surface area (Å²) in [6.07, 6.45) is 1.38. The van der Waals surface area contributed by atoms with Gasteiger partial charge in [-0.05, 0) is 54.8 Å². The van der Waals surface area contributed by atoms with Crippen LogP contribution in [0, 0.1) is 19.7 Å². The fraction of sp³-hybridized carbons (Fsp3) is 0.136. The monoisotopic (exact) mass is 407 g/mol. The number of anilines is 1. The van der Waals surface area contributed by atoms with E-state index in [1.165, 1.54) is 34.4 Å². The van der Waals surface area contributed by atoms with Crippen molar-refractivity contribution in [1.29, 1.82) is 0 Å². The Balaban J connectivity index is 1.64. The second-order valence-corrected chi connectivity index (χ2v) is 7.72. The Hall–Kier alpha value is -3.32. The molecule has 0 radical (unpaired) electrons. The topological polar surface area (TPSA) is 64.0 Å². The Kier molecular flexibility index (Phi) is 4.98. The molecule has 0 fully saturated rings. The summed E-state index contributed by atoms with van der Waals surface area (Å²) < 4.78 is 14.5. The van der Waals surface area contributed by atoms with Crippen LogP contribution in [-0.2, 0) is 11.3 Å². The summed E-state index contributed by atoms with van der Waals surface area (Å²) in [7, 11) is 0. The Labute approximate surface area is 170 Å². The lowest BCUT2D eigenvalue weighted by atomic mass is 10.1. The number of nitrogens with zero attached hydrogens (tertiary/aromatic N) is 2. The lowest BCUT2D eigenvalue weighted by molar-refractivity contribution is -0.116. The van der Waals surface area contributed by atoms with E-state index in [9.17, 15) is 14.0 Å². The van der Waals surface area contributed by atoms with Gasteiger partial charge in [-0.1, -0.05) is 18.2 Å². The normalized spacial score (nSPS) is 11.0. The van der Waals surface area contributed by atoms with Crippen molar-refractivity contribution in [3.05, 3.63) is 81.5 Å². The number of carbonyl (C=O) groups is 1. The van der Waals surface area contributed by atoms with E-state index >= 15 is 0 Å². The first-order valence-corrected chi connectivity index (χ1v) is 9.90. The van der Waals surface area contributed by atoms with Crippen molar-refractivity contribution in [2.75, 3.05) is 5.32 Å². The molecular formula is C22H18FN3O2S. The van der Waals surface area contributed by atoms with E-state index in [-0.39, 0.29) is 23.8 Å². The molecule has 5 nitrogen and oxygen atoms in total. The number of aromatic nitrogens is 2. The van der Waals surface area contributed by atoms with E-state index in [0.29, 0.717) is 21.5 Å². The minimum Gasteiger partial charge on any atom is -0.325 e. The molecule has 0 bridgehead atoms. The van der Waals surface area contributed by atoms with Crippen molar-refractivity contribution < 1.29 is 9.18 Å². The van der Waals surface area contributed by atoms with Crippen LogP contribution >= 0.6 is 11.3 Å². The fourth-order valence-corrected chi connectivity index (χ4v) is 4.00. The number of aryl methyl sites for hydroxylation is 2. The van der Waals surface area contributed by atoms with Gasteiger partial charge in [0.2, 0.25) is 5.91 Å². The van der Waals surface area contributed by atoms with E-state index < -0.39 is 0 Å². The van der Waals surface area contributed by atoms with Crippen molar-refractivity contribution >= 4 is 33.1 Å². The van der Waals surface area contributed by atoms with Gasteiger partial charge in [-0.15, -0.1) is 11.3 Å². The zero-order valence-electron chi connectivity index (χ0n) is 15.9. The molecule has 4 aromatic rings. The van der Waals surface area contributed by atoms with Crippen LogP contribution in [0.5, 0.6) is 0 Å². The minimum atomic E-state index is -0.341. The first-order chi connectivity index (χ1) is 13.9. The van der Waals surface area contributed by atoms with E-state index in [0.717, 1.165) is 16.7 Å². The van der Waals surface area contributed by atoms with Crippen LogP contribution in [0.15, 0.2) is 59.0 Å². The Bertz CT molecular complexity index is 1280. The number of fused-ring (bicyclic) bond motifs is 1. The molecule has 2 aromatic carbocycles. The second kappa shape index (κ2) is 7.60. The summed E-state index contributed by atoms with van der Waals surface area (Å²) in [6.45, 7) is 3.83. The number of rotatable bonds is 4. The molecule has 0 aliphatic rings. The van der Waals surface area contributed by atoms with Gasteiger partial charge in [0.1, 0.15) is 17.2 Å². The third-order valence-electron chi connectivity index (χ3n) is 4.82. The smallest absolute Gasteiger partial charge is 0.263 e. The Morgan fingerprint density at radius 2 is 1.90 bits per heavy atom. The lowest BCUT2D eigenvalue weighted by Crippen LogP contribution is -2.27. The van der Waals surface area contributed by atoms with Crippen LogP contribution in [0.2, 0.25) is 0 Å². The molecule has 0 saturated carbocycles. The molecular weight excluding hydrogens is 389 g/mol. The largest absolute Gasteiger partial charge is 0.325 e. The molecule has 2 aromatic heterocycles. The zero-order valence-corrected chi connectivity index (χ0v) is 16.7. The lowest BCUT2D eigenvalue weighted by Gasteiger charge is -2.09. The van der Waals surface area contributed by atoms with Gasteiger partial charge >= 0.3 is 0 Å². The second-order valence-electron chi connectivity index (χ2n) is 6.86. The van der Waals surface area contributed by atoms with E-state index in [1.807, 2.05) is 37.4 Å². The predicted octanol–water partition coefficient (Wildman–Crippen LogP) is 4.52. The maximum Gasteiger partial charge on any atom is 0.263 e. The average Bonchev–Trinajstić information content (AvgIpc) is 3.12. The zero-order chi connectivity index (χ0) is 20.5. The summed E-state index contributed by atoms with van der Waals surface area (Å²) in [6, 6.07) is 11.6. The molecule has 29 heavy (non-hydrogen) atoms. The molecule has 0 unspecified atom stereocenters. The third kappa shape index (κ3) is 3.82. The van der Waals surface area contributed by atoms with Crippen LogP contribution < -0.4 is 10.9 Å². The average molecular weight is 407 g/mol. The van der Waals surface area contributed by atoms with E-state index in [2.05, 4.69) is 10.3 Å². The molecule has 1 amide bonds. The quantitative estimate of drug-likeness (QED) is 0.541. The molecule has 0 saturated heterocycles. The molecule has 1 N–H and O–H groups in total. The highest BCUT2D eigenvalue weighted by Gasteiger charge is 2.15. The highest BCUT2D eigenvalue weighted by Crippen LogP contribution is 2.30.